The molecule has 154 valence electrons. The van der Waals surface area contributed by atoms with Crippen molar-refractivity contribution in [3.8, 4) is 0 Å². The minimum Gasteiger partial charge on any atom is -0.462 e. The van der Waals surface area contributed by atoms with Gasteiger partial charge in [-0.1, -0.05) is 0 Å². The lowest BCUT2D eigenvalue weighted by Gasteiger charge is -2.07. The van der Waals surface area contributed by atoms with Crippen molar-refractivity contribution in [3.63, 3.8) is 0 Å². The molecule has 9 nitrogen and oxygen atoms in total. The van der Waals surface area contributed by atoms with Crippen molar-refractivity contribution < 1.29 is 28.8 Å². The summed E-state index contributed by atoms with van der Waals surface area (Å²) in [5.41, 5.74) is 0.750. The number of nitro groups is 1. The fourth-order valence-electron chi connectivity index (χ4n) is 2.51. The molecule has 0 aliphatic carbocycles. The van der Waals surface area contributed by atoms with E-state index in [1.54, 1.807) is 20.8 Å². The van der Waals surface area contributed by atoms with Gasteiger partial charge in [-0.05, 0) is 38.5 Å². The van der Waals surface area contributed by atoms with Crippen LogP contribution in [0.2, 0.25) is 0 Å². The van der Waals surface area contributed by atoms with E-state index in [1.807, 2.05) is 0 Å². The second kappa shape index (κ2) is 9.78. The summed E-state index contributed by atoms with van der Waals surface area (Å²) in [6.45, 7) is 5.12. The van der Waals surface area contributed by atoms with Crippen LogP contribution in [0.5, 0.6) is 0 Å². The summed E-state index contributed by atoms with van der Waals surface area (Å²) in [6, 6.07) is 5.20. The van der Waals surface area contributed by atoms with E-state index in [2.05, 4.69) is 5.32 Å². The van der Waals surface area contributed by atoms with Gasteiger partial charge in [0.2, 0.25) is 0 Å². The maximum atomic E-state index is 12.4. The first-order valence-corrected chi connectivity index (χ1v) is 9.60. The van der Waals surface area contributed by atoms with E-state index in [1.165, 1.54) is 24.3 Å². The maximum absolute atomic E-state index is 12.4. The van der Waals surface area contributed by atoms with Crippen molar-refractivity contribution in [3.05, 3.63) is 55.9 Å². The van der Waals surface area contributed by atoms with Gasteiger partial charge in [-0.3, -0.25) is 14.9 Å². The highest BCUT2D eigenvalue weighted by Gasteiger charge is 2.26. The molecule has 1 aromatic carbocycles. The Kier molecular flexibility index (Phi) is 7.43. The Morgan fingerprint density at radius 1 is 1.07 bits per heavy atom. The van der Waals surface area contributed by atoms with Crippen LogP contribution in [-0.4, -0.2) is 42.4 Å². The Bertz CT molecular complexity index is 935. The first-order valence-electron chi connectivity index (χ1n) is 8.79. The SMILES string of the molecule is CCOC(=O)c1sc(NCC(=O)c2ccc([N+](=O)[O-])cc2)c(C(=O)OCC)c1C. The lowest BCUT2D eigenvalue weighted by Crippen LogP contribution is -2.16. The fourth-order valence-corrected chi connectivity index (χ4v) is 3.59. The molecule has 1 heterocycles. The third-order valence-corrected chi connectivity index (χ3v) is 5.13. The largest absolute Gasteiger partial charge is 0.462 e. The van der Waals surface area contributed by atoms with Crippen molar-refractivity contribution in [2.75, 3.05) is 25.1 Å². The van der Waals surface area contributed by atoms with Gasteiger partial charge in [0.1, 0.15) is 9.88 Å². The molecule has 0 amide bonds. The molecular weight excluding hydrogens is 400 g/mol. The molecule has 2 aromatic rings. The molecule has 0 unspecified atom stereocenters. The number of thiophene rings is 1. The summed E-state index contributed by atoms with van der Waals surface area (Å²) in [7, 11) is 0. The maximum Gasteiger partial charge on any atom is 0.348 e. The first-order chi connectivity index (χ1) is 13.8. The van der Waals surface area contributed by atoms with Gasteiger partial charge in [0.25, 0.3) is 5.69 Å². The molecule has 29 heavy (non-hydrogen) atoms. The lowest BCUT2D eigenvalue weighted by atomic mass is 10.1. The number of rotatable bonds is 9. The lowest BCUT2D eigenvalue weighted by molar-refractivity contribution is -0.384. The van der Waals surface area contributed by atoms with Gasteiger partial charge in [0.15, 0.2) is 5.78 Å². The average Bonchev–Trinajstić information content (AvgIpc) is 3.03. The van der Waals surface area contributed by atoms with Crippen LogP contribution in [0.15, 0.2) is 24.3 Å². The summed E-state index contributed by atoms with van der Waals surface area (Å²) in [5, 5.41) is 13.9. The van der Waals surface area contributed by atoms with Crippen LogP contribution in [0.1, 0.15) is 49.8 Å². The van der Waals surface area contributed by atoms with E-state index < -0.39 is 16.9 Å². The highest BCUT2D eigenvalue weighted by atomic mass is 32.1. The van der Waals surface area contributed by atoms with Crippen molar-refractivity contribution in [1.29, 1.82) is 0 Å². The van der Waals surface area contributed by atoms with Gasteiger partial charge in [0, 0.05) is 17.7 Å². The molecule has 0 saturated carbocycles. The predicted octanol–water partition coefficient (Wildman–Crippen LogP) is 3.61. The topological polar surface area (TPSA) is 125 Å². The Labute approximate surface area is 170 Å². The van der Waals surface area contributed by atoms with E-state index in [9.17, 15) is 24.5 Å². The number of nitrogens with zero attached hydrogens (tertiary/aromatic N) is 1. The van der Waals surface area contributed by atoms with Gasteiger partial charge in [-0.25, -0.2) is 9.59 Å². The van der Waals surface area contributed by atoms with Gasteiger partial charge >= 0.3 is 11.9 Å². The van der Waals surface area contributed by atoms with Gasteiger partial charge < -0.3 is 14.8 Å². The number of esters is 2. The van der Waals surface area contributed by atoms with Gasteiger partial charge in [0.05, 0.1) is 30.2 Å². The third kappa shape index (κ3) is 5.17. The average molecular weight is 420 g/mol. The van der Waals surface area contributed by atoms with Gasteiger partial charge in [-0.2, -0.15) is 0 Å². The number of carbonyl (C=O) groups excluding carboxylic acids is 3. The quantitative estimate of drug-likeness (QED) is 0.282. The monoisotopic (exact) mass is 420 g/mol. The number of carbonyl (C=O) groups is 3. The second-order valence-electron chi connectivity index (χ2n) is 5.78. The van der Waals surface area contributed by atoms with Crippen LogP contribution >= 0.6 is 11.3 Å². The molecule has 0 spiro atoms. The van der Waals surface area contributed by atoms with E-state index in [0.29, 0.717) is 10.6 Å². The highest BCUT2D eigenvalue weighted by Crippen LogP contribution is 2.34. The summed E-state index contributed by atoms with van der Waals surface area (Å²) < 4.78 is 10.1. The summed E-state index contributed by atoms with van der Waals surface area (Å²) >= 11 is 1.00. The van der Waals surface area contributed by atoms with Gasteiger partial charge in [-0.15, -0.1) is 11.3 Å². The highest BCUT2D eigenvalue weighted by molar-refractivity contribution is 7.18. The Hall–Kier alpha value is -3.27. The van der Waals surface area contributed by atoms with Crippen LogP contribution in [0.4, 0.5) is 10.7 Å². The number of anilines is 1. The molecule has 0 fully saturated rings. The smallest absolute Gasteiger partial charge is 0.348 e. The van der Waals surface area contributed by atoms with Crippen molar-refractivity contribution in [2.45, 2.75) is 20.8 Å². The molecule has 0 atom stereocenters. The fraction of sp³-hybridized carbons (Fsp3) is 0.316. The molecule has 10 heteroatoms. The molecule has 0 aliphatic rings. The second-order valence-corrected chi connectivity index (χ2v) is 6.80. The van der Waals surface area contributed by atoms with E-state index in [0.717, 1.165) is 11.3 Å². The van der Waals surface area contributed by atoms with Crippen molar-refractivity contribution in [1.82, 2.24) is 0 Å². The Balaban J connectivity index is 2.24. The zero-order chi connectivity index (χ0) is 21.6. The van der Waals surface area contributed by atoms with Crippen LogP contribution in [0.3, 0.4) is 0 Å². The molecular formula is C19H20N2O7S. The number of hydrogen-bond donors (Lipinski definition) is 1. The van der Waals surface area contributed by atoms with Crippen LogP contribution in [-0.2, 0) is 9.47 Å². The van der Waals surface area contributed by atoms with Crippen molar-refractivity contribution >= 4 is 39.7 Å². The normalized spacial score (nSPS) is 10.3. The van der Waals surface area contributed by atoms with E-state index >= 15 is 0 Å². The molecule has 1 N–H and O–H groups in total. The number of hydrogen-bond acceptors (Lipinski definition) is 9. The molecule has 0 bridgehead atoms. The molecule has 2 rings (SSSR count). The Morgan fingerprint density at radius 2 is 1.66 bits per heavy atom. The zero-order valence-corrected chi connectivity index (χ0v) is 17.0. The standard InChI is InChI=1S/C19H20N2O7S/c1-4-27-18(23)15-11(3)16(19(24)28-5-2)29-17(15)20-10-14(22)12-6-8-13(9-7-12)21(25)26/h6-9,20H,4-5,10H2,1-3H3. The van der Waals surface area contributed by atoms with Crippen LogP contribution in [0.25, 0.3) is 0 Å². The van der Waals surface area contributed by atoms with Crippen molar-refractivity contribution in [2.24, 2.45) is 0 Å². The minimum absolute atomic E-state index is 0.118. The Morgan fingerprint density at radius 3 is 2.21 bits per heavy atom. The zero-order valence-electron chi connectivity index (χ0n) is 16.1. The van der Waals surface area contributed by atoms with Crippen LogP contribution < -0.4 is 5.32 Å². The minimum atomic E-state index is -0.609. The molecule has 1 aromatic heterocycles. The number of ether oxygens (including phenoxy) is 2. The number of benzene rings is 1. The number of nitro benzene ring substituents is 1. The molecule has 0 radical (unpaired) electrons. The number of ketones is 1. The molecule has 0 saturated heterocycles. The summed E-state index contributed by atoms with van der Waals surface area (Å²) in [6.07, 6.45) is 0. The number of nitrogens with one attached hydrogen (secondary N) is 1. The predicted molar refractivity (Wildman–Crippen MR) is 107 cm³/mol. The third-order valence-electron chi connectivity index (χ3n) is 3.90. The number of non-ortho nitro benzene ring substituents is 1. The summed E-state index contributed by atoms with van der Waals surface area (Å²) in [5.74, 6) is -1.50. The van der Waals surface area contributed by atoms with E-state index in [-0.39, 0.29) is 47.2 Å². The van der Waals surface area contributed by atoms with Crippen LogP contribution in [0, 0.1) is 17.0 Å². The van der Waals surface area contributed by atoms with E-state index in [4.69, 9.17) is 9.47 Å². The first kappa shape index (κ1) is 22.0. The summed E-state index contributed by atoms with van der Waals surface area (Å²) in [4.78, 5) is 47.3. The molecule has 0 aliphatic heterocycles. The number of Topliss-reactive ketones (excluding diaryl/α,β-unsaturated/α-hetero) is 1.